The number of unbranched alkanes of at least 4 members (excludes halogenated alkanes) is 1. The molecule has 0 N–H and O–H groups in total. The molecular weight excluding hydrogens is 260 g/mol. The number of ether oxygens (including phenoxy) is 3. The van der Waals surface area contributed by atoms with Crippen molar-refractivity contribution in [1.29, 1.82) is 0 Å². The number of carbonyl (C=O) groups is 1. The average Bonchev–Trinajstić information content (AvgIpc) is 2.74. The van der Waals surface area contributed by atoms with Gasteiger partial charge in [-0.25, -0.2) is 13.2 Å². The normalized spacial score (nSPS) is 21.2. The summed E-state index contributed by atoms with van der Waals surface area (Å²) in [6.45, 7) is 5.34. The van der Waals surface area contributed by atoms with Crippen molar-refractivity contribution in [3.05, 3.63) is 12.0 Å². The molecular formula is C11H18O6S. The summed E-state index contributed by atoms with van der Waals surface area (Å²) in [5.74, 6) is 0. The van der Waals surface area contributed by atoms with E-state index in [9.17, 15) is 13.2 Å². The van der Waals surface area contributed by atoms with E-state index in [1.165, 1.54) is 6.92 Å². The molecule has 7 heteroatoms. The molecule has 0 bridgehead atoms. The van der Waals surface area contributed by atoms with Crippen LogP contribution in [-0.2, 0) is 24.0 Å². The summed E-state index contributed by atoms with van der Waals surface area (Å²) >= 11 is 0. The molecule has 2 unspecified atom stereocenters. The van der Waals surface area contributed by atoms with Gasteiger partial charge in [-0.05, 0) is 26.2 Å². The van der Waals surface area contributed by atoms with Crippen LogP contribution in [0.4, 0.5) is 4.79 Å². The number of sulfone groups is 1. The van der Waals surface area contributed by atoms with Gasteiger partial charge in [0.2, 0.25) is 0 Å². The fourth-order valence-electron chi connectivity index (χ4n) is 1.46. The first-order valence-corrected chi connectivity index (χ1v) is 7.38. The summed E-state index contributed by atoms with van der Waals surface area (Å²) < 4.78 is 37.3. The van der Waals surface area contributed by atoms with Gasteiger partial charge in [0.1, 0.15) is 12.7 Å². The SMILES string of the molecule is C=CS(=O)(=O)C(C)OCCCCC1COC(=O)O1. The van der Waals surface area contributed by atoms with E-state index in [2.05, 4.69) is 11.3 Å². The molecule has 1 rings (SSSR count). The highest BCUT2D eigenvalue weighted by Crippen LogP contribution is 2.13. The van der Waals surface area contributed by atoms with Crippen LogP contribution >= 0.6 is 0 Å². The van der Waals surface area contributed by atoms with Crippen LogP contribution in [0.3, 0.4) is 0 Å². The minimum absolute atomic E-state index is 0.188. The maximum Gasteiger partial charge on any atom is 0.508 e. The molecule has 6 nitrogen and oxygen atoms in total. The molecule has 0 aromatic heterocycles. The fraction of sp³-hybridized carbons (Fsp3) is 0.727. The molecule has 18 heavy (non-hydrogen) atoms. The zero-order valence-corrected chi connectivity index (χ0v) is 11.1. The summed E-state index contributed by atoms with van der Waals surface area (Å²) in [6.07, 6.45) is 1.36. The van der Waals surface area contributed by atoms with Crippen LogP contribution in [0.25, 0.3) is 0 Å². The first kappa shape index (κ1) is 15.0. The van der Waals surface area contributed by atoms with Crippen molar-refractivity contribution < 1.29 is 27.4 Å². The summed E-state index contributed by atoms with van der Waals surface area (Å²) in [5, 5.41) is 0.896. The van der Waals surface area contributed by atoms with Gasteiger partial charge in [0.25, 0.3) is 0 Å². The van der Waals surface area contributed by atoms with Gasteiger partial charge in [0.15, 0.2) is 15.3 Å². The van der Waals surface area contributed by atoms with Crippen LogP contribution in [-0.4, -0.2) is 39.3 Å². The third-order valence-electron chi connectivity index (χ3n) is 2.62. The maximum atomic E-state index is 11.3. The quantitative estimate of drug-likeness (QED) is 0.496. The highest BCUT2D eigenvalue weighted by molar-refractivity contribution is 7.94. The number of hydrogen-bond acceptors (Lipinski definition) is 6. The topological polar surface area (TPSA) is 78.9 Å². The molecule has 0 saturated carbocycles. The molecule has 1 fully saturated rings. The van der Waals surface area contributed by atoms with E-state index in [-0.39, 0.29) is 6.10 Å². The average molecular weight is 278 g/mol. The minimum Gasteiger partial charge on any atom is -0.430 e. The zero-order valence-electron chi connectivity index (χ0n) is 10.3. The molecule has 104 valence electrons. The number of hydrogen-bond donors (Lipinski definition) is 0. The van der Waals surface area contributed by atoms with Gasteiger partial charge in [0, 0.05) is 12.0 Å². The Morgan fingerprint density at radius 3 is 2.83 bits per heavy atom. The van der Waals surface area contributed by atoms with E-state index < -0.39 is 21.4 Å². The number of rotatable bonds is 8. The monoisotopic (exact) mass is 278 g/mol. The standard InChI is InChI=1S/C11H18O6S/c1-3-18(13,14)9(2)15-7-5-4-6-10-8-16-11(12)17-10/h3,9-10H,1,4-8H2,2H3. The Hall–Kier alpha value is -1.08. The predicted molar refractivity (Wildman–Crippen MR) is 64.6 cm³/mol. The molecule has 1 heterocycles. The third kappa shape index (κ3) is 4.66. The lowest BCUT2D eigenvalue weighted by Crippen LogP contribution is -2.19. The van der Waals surface area contributed by atoms with Gasteiger partial charge in [-0.1, -0.05) is 6.58 Å². The van der Waals surface area contributed by atoms with Gasteiger partial charge in [-0.2, -0.15) is 0 Å². The van der Waals surface area contributed by atoms with Crippen molar-refractivity contribution >= 4 is 16.0 Å². The second-order valence-electron chi connectivity index (χ2n) is 3.99. The van der Waals surface area contributed by atoms with Crippen molar-refractivity contribution in [3.8, 4) is 0 Å². The van der Waals surface area contributed by atoms with Crippen molar-refractivity contribution in [2.45, 2.75) is 37.7 Å². The van der Waals surface area contributed by atoms with E-state index in [1.54, 1.807) is 0 Å². The molecule has 1 aliphatic heterocycles. The molecule has 0 spiro atoms. The van der Waals surface area contributed by atoms with Crippen LogP contribution in [0.1, 0.15) is 26.2 Å². The summed E-state index contributed by atoms with van der Waals surface area (Å²) in [6, 6.07) is 0. The Balaban J connectivity index is 2.08. The van der Waals surface area contributed by atoms with Crippen molar-refractivity contribution in [2.75, 3.05) is 13.2 Å². The lowest BCUT2D eigenvalue weighted by Gasteiger charge is -2.11. The lowest BCUT2D eigenvalue weighted by atomic mass is 10.2. The van der Waals surface area contributed by atoms with E-state index in [1.807, 2.05) is 0 Å². The van der Waals surface area contributed by atoms with Gasteiger partial charge in [-0.3, -0.25) is 0 Å². The van der Waals surface area contributed by atoms with E-state index in [4.69, 9.17) is 9.47 Å². The smallest absolute Gasteiger partial charge is 0.430 e. The molecule has 2 atom stereocenters. The molecule has 0 aromatic carbocycles. The predicted octanol–water partition coefficient (Wildman–Crippen LogP) is 1.61. The lowest BCUT2D eigenvalue weighted by molar-refractivity contribution is 0.104. The van der Waals surface area contributed by atoms with Crippen LogP contribution in [0.15, 0.2) is 12.0 Å². The Morgan fingerprint density at radius 2 is 2.28 bits per heavy atom. The molecule has 0 radical (unpaired) electrons. The van der Waals surface area contributed by atoms with Gasteiger partial charge >= 0.3 is 6.16 Å². The second kappa shape index (κ2) is 6.75. The fourth-order valence-corrected chi connectivity index (χ4v) is 2.02. The Morgan fingerprint density at radius 1 is 1.56 bits per heavy atom. The first-order chi connectivity index (χ1) is 8.45. The number of cyclic esters (lactones) is 2. The highest BCUT2D eigenvalue weighted by Gasteiger charge is 2.24. The molecule has 1 saturated heterocycles. The van der Waals surface area contributed by atoms with Crippen LogP contribution in [0.2, 0.25) is 0 Å². The molecule has 0 aromatic rings. The van der Waals surface area contributed by atoms with Crippen molar-refractivity contribution in [2.24, 2.45) is 0 Å². The van der Waals surface area contributed by atoms with E-state index >= 15 is 0 Å². The highest BCUT2D eigenvalue weighted by atomic mass is 32.2. The summed E-state index contributed by atoms with van der Waals surface area (Å²) in [5.41, 5.74) is -0.873. The van der Waals surface area contributed by atoms with Gasteiger partial charge in [-0.15, -0.1) is 0 Å². The van der Waals surface area contributed by atoms with Crippen molar-refractivity contribution in [3.63, 3.8) is 0 Å². The van der Waals surface area contributed by atoms with Crippen LogP contribution in [0, 0.1) is 0 Å². The van der Waals surface area contributed by atoms with Crippen LogP contribution < -0.4 is 0 Å². The van der Waals surface area contributed by atoms with E-state index in [0.29, 0.717) is 26.1 Å². The van der Waals surface area contributed by atoms with E-state index in [0.717, 1.165) is 11.8 Å². The minimum atomic E-state index is -3.36. The summed E-state index contributed by atoms with van der Waals surface area (Å²) in [4.78, 5) is 10.6. The molecule has 1 aliphatic rings. The molecule has 0 aliphatic carbocycles. The number of carbonyl (C=O) groups excluding carboxylic acids is 1. The Kier molecular flexibility index (Phi) is 5.61. The molecule has 0 amide bonds. The third-order valence-corrected chi connectivity index (χ3v) is 4.14. The Bertz CT molecular complexity index is 388. The zero-order chi connectivity index (χ0) is 13.6. The Labute approximate surface area is 107 Å². The largest absolute Gasteiger partial charge is 0.508 e. The summed E-state index contributed by atoms with van der Waals surface area (Å²) in [7, 11) is -3.36. The van der Waals surface area contributed by atoms with Crippen molar-refractivity contribution in [1.82, 2.24) is 0 Å². The van der Waals surface area contributed by atoms with Gasteiger partial charge < -0.3 is 14.2 Å². The first-order valence-electron chi connectivity index (χ1n) is 5.77. The van der Waals surface area contributed by atoms with Gasteiger partial charge in [0.05, 0.1) is 0 Å². The van der Waals surface area contributed by atoms with Crippen LogP contribution in [0.5, 0.6) is 0 Å². The second-order valence-corrected chi connectivity index (χ2v) is 6.17. The maximum absolute atomic E-state index is 11.3.